The average Bonchev–Trinajstić information content (AvgIpc) is 3.10. The molecule has 0 radical (unpaired) electrons. The third-order valence-corrected chi connectivity index (χ3v) is 4.53. The fourth-order valence-electron chi connectivity index (χ4n) is 3.18. The smallest absolute Gasteiger partial charge is 0.319 e. The quantitative estimate of drug-likeness (QED) is 0.845. The lowest BCUT2D eigenvalue weighted by molar-refractivity contribution is 0.116. The van der Waals surface area contributed by atoms with Crippen LogP contribution in [0.1, 0.15) is 32.1 Å². The first kappa shape index (κ1) is 19.5. The fourth-order valence-corrected chi connectivity index (χ4v) is 3.18. The van der Waals surface area contributed by atoms with Gasteiger partial charge in [0, 0.05) is 44.0 Å². The van der Waals surface area contributed by atoms with Crippen molar-refractivity contribution in [1.82, 2.24) is 15.1 Å². The minimum Gasteiger partial charge on any atom is -0.468 e. The standard InChI is InChI=1S/C21H30N4O2/c1-21(2,3)23-20(26)22-18-8-6-17(7-9-18)15-24-10-12-25(13-11-24)16-19-5-4-14-27-19/h4-9,14H,10-13,15-16H2,1-3H3,(H2,22,23,26). The molecule has 0 atom stereocenters. The minimum absolute atomic E-state index is 0.178. The number of nitrogens with one attached hydrogen (secondary N) is 2. The van der Waals surface area contributed by atoms with Crippen LogP contribution < -0.4 is 10.6 Å². The lowest BCUT2D eigenvalue weighted by Crippen LogP contribution is -2.45. The molecule has 1 aromatic carbocycles. The van der Waals surface area contributed by atoms with Gasteiger partial charge in [0.15, 0.2) is 0 Å². The van der Waals surface area contributed by atoms with Crippen LogP contribution in [0, 0.1) is 0 Å². The van der Waals surface area contributed by atoms with Gasteiger partial charge < -0.3 is 15.1 Å². The Hall–Kier alpha value is -2.31. The molecule has 1 aliphatic rings. The number of rotatable bonds is 5. The van der Waals surface area contributed by atoms with Crippen LogP contribution >= 0.6 is 0 Å². The van der Waals surface area contributed by atoms with Gasteiger partial charge in [-0.15, -0.1) is 0 Å². The first-order chi connectivity index (χ1) is 12.9. The molecule has 2 amide bonds. The van der Waals surface area contributed by atoms with E-state index in [0.717, 1.165) is 50.7 Å². The number of hydrogen-bond donors (Lipinski definition) is 2. The highest BCUT2D eigenvalue weighted by Crippen LogP contribution is 2.14. The molecule has 1 fully saturated rings. The van der Waals surface area contributed by atoms with Crippen molar-refractivity contribution in [3.63, 3.8) is 0 Å². The zero-order chi connectivity index (χ0) is 19.3. The van der Waals surface area contributed by atoms with Crippen molar-refractivity contribution in [2.24, 2.45) is 0 Å². The number of hydrogen-bond acceptors (Lipinski definition) is 4. The highest BCUT2D eigenvalue weighted by atomic mass is 16.3. The van der Waals surface area contributed by atoms with Crippen LogP contribution in [0.4, 0.5) is 10.5 Å². The monoisotopic (exact) mass is 370 g/mol. The normalized spacial score (nSPS) is 16.3. The summed E-state index contributed by atoms with van der Waals surface area (Å²) in [4.78, 5) is 16.8. The summed E-state index contributed by atoms with van der Waals surface area (Å²) in [6.45, 7) is 11.9. The van der Waals surface area contributed by atoms with Crippen molar-refractivity contribution in [2.45, 2.75) is 39.4 Å². The number of furan rings is 1. The van der Waals surface area contributed by atoms with Crippen molar-refractivity contribution in [3.05, 3.63) is 54.0 Å². The summed E-state index contributed by atoms with van der Waals surface area (Å²) in [5.41, 5.74) is 1.82. The van der Waals surface area contributed by atoms with Gasteiger partial charge >= 0.3 is 6.03 Å². The second-order valence-corrected chi connectivity index (χ2v) is 8.16. The van der Waals surface area contributed by atoms with E-state index >= 15 is 0 Å². The van der Waals surface area contributed by atoms with Crippen LogP contribution in [0.5, 0.6) is 0 Å². The van der Waals surface area contributed by atoms with Crippen molar-refractivity contribution in [2.75, 3.05) is 31.5 Å². The van der Waals surface area contributed by atoms with Crippen LogP contribution in [0.15, 0.2) is 47.1 Å². The Balaban J connectivity index is 1.43. The molecule has 0 aliphatic carbocycles. The summed E-state index contributed by atoms with van der Waals surface area (Å²) in [6, 6.07) is 11.9. The number of carbonyl (C=O) groups excluding carboxylic acids is 1. The molecule has 1 saturated heterocycles. The van der Waals surface area contributed by atoms with E-state index in [-0.39, 0.29) is 11.6 Å². The summed E-state index contributed by atoms with van der Waals surface area (Å²) in [6.07, 6.45) is 1.73. The molecule has 1 aliphatic heterocycles. The summed E-state index contributed by atoms with van der Waals surface area (Å²) >= 11 is 0. The highest BCUT2D eigenvalue weighted by molar-refractivity contribution is 5.89. The van der Waals surface area contributed by atoms with Gasteiger partial charge in [0.25, 0.3) is 0 Å². The van der Waals surface area contributed by atoms with Crippen molar-refractivity contribution < 1.29 is 9.21 Å². The van der Waals surface area contributed by atoms with E-state index in [1.54, 1.807) is 6.26 Å². The molecule has 2 heterocycles. The van der Waals surface area contributed by atoms with E-state index < -0.39 is 0 Å². The lowest BCUT2D eigenvalue weighted by Gasteiger charge is -2.34. The van der Waals surface area contributed by atoms with Crippen molar-refractivity contribution in [1.29, 1.82) is 0 Å². The Morgan fingerprint density at radius 1 is 1.00 bits per heavy atom. The molecule has 0 saturated carbocycles. The molecule has 6 heteroatoms. The first-order valence-electron chi connectivity index (χ1n) is 9.53. The van der Waals surface area contributed by atoms with E-state index in [2.05, 4.69) is 32.6 Å². The molecule has 0 bridgehead atoms. The third-order valence-electron chi connectivity index (χ3n) is 4.53. The second kappa shape index (κ2) is 8.59. The molecular weight excluding hydrogens is 340 g/mol. The number of nitrogens with zero attached hydrogens (tertiary/aromatic N) is 2. The summed E-state index contributed by atoms with van der Waals surface area (Å²) in [5.74, 6) is 1.03. The highest BCUT2D eigenvalue weighted by Gasteiger charge is 2.18. The Morgan fingerprint density at radius 2 is 1.63 bits per heavy atom. The first-order valence-corrected chi connectivity index (χ1v) is 9.53. The van der Waals surface area contributed by atoms with Crippen LogP contribution in [0.25, 0.3) is 0 Å². The van der Waals surface area contributed by atoms with Crippen LogP contribution in [-0.2, 0) is 13.1 Å². The van der Waals surface area contributed by atoms with Gasteiger partial charge in [-0.1, -0.05) is 12.1 Å². The Morgan fingerprint density at radius 3 is 2.19 bits per heavy atom. The fraction of sp³-hybridized carbons (Fsp3) is 0.476. The van der Waals surface area contributed by atoms with E-state index in [1.807, 2.05) is 45.0 Å². The number of piperazine rings is 1. The van der Waals surface area contributed by atoms with Gasteiger partial charge in [-0.25, -0.2) is 4.79 Å². The molecule has 0 spiro atoms. The number of urea groups is 1. The van der Waals surface area contributed by atoms with Gasteiger partial charge in [0.1, 0.15) is 5.76 Å². The molecule has 3 rings (SSSR count). The Bertz CT molecular complexity index is 712. The molecule has 1 aromatic heterocycles. The maximum Gasteiger partial charge on any atom is 0.319 e. The second-order valence-electron chi connectivity index (χ2n) is 8.16. The molecule has 6 nitrogen and oxygen atoms in total. The summed E-state index contributed by atoms with van der Waals surface area (Å²) in [7, 11) is 0. The summed E-state index contributed by atoms with van der Waals surface area (Å²) in [5, 5.41) is 5.77. The topological polar surface area (TPSA) is 60.8 Å². The van der Waals surface area contributed by atoms with Gasteiger partial charge in [0.05, 0.1) is 12.8 Å². The van der Waals surface area contributed by atoms with Crippen LogP contribution in [0.3, 0.4) is 0 Å². The van der Waals surface area contributed by atoms with Gasteiger partial charge in [-0.3, -0.25) is 9.80 Å². The lowest BCUT2D eigenvalue weighted by atomic mass is 10.1. The SMILES string of the molecule is CC(C)(C)NC(=O)Nc1ccc(CN2CCN(Cc3ccco3)CC2)cc1. The molecule has 2 N–H and O–H groups in total. The third kappa shape index (κ3) is 6.41. The largest absolute Gasteiger partial charge is 0.468 e. The molecule has 27 heavy (non-hydrogen) atoms. The van der Waals surface area contributed by atoms with Crippen molar-refractivity contribution in [3.8, 4) is 0 Å². The molecule has 146 valence electrons. The summed E-state index contributed by atoms with van der Waals surface area (Å²) < 4.78 is 5.43. The van der Waals surface area contributed by atoms with E-state index in [4.69, 9.17) is 4.42 Å². The average molecular weight is 370 g/mol. The predicted octanol–water partition coefficient (Wildman–Crippen LogP) is 3.52. The maximum absolute atomic E-state index is 11.9. The predicted molar refractivity (Wildman–Crippen MR) is 108 cm³/mol. The van der Waals surface area contributed by atoms with E-state index in [9.17, 15) is 4.79 Å². The number of amides is 2. The number of carbonyl (C=O) groups is 1. The number of anilines is 1. The zero-order valence-electron chi connectivity index (χ0n) is 16.5. The molecule has 0 unspecified atom stereocenters. The maximum atomic E-state index is 11.9. The Labute approximate surface area is 161 Å². The Kier molecular flexibility index (Phi) is 6.19. The minimum atomic E-state index is -0.247. The van der Waals surface area contributed by atoms with Gasteiger partial charge in [-0.2, -0.15) is 0 Å². The van der Waals surface area contributed by atoms with Crippen LogP contribution in [0.2, 0.25) is 0 Å². The van der Waals surface area contributed by atoms with E-state index in [0.29, 0.717) is 0 Å². The van der Waals surface area contributed by atoms with Crippen LogP contribution in [-0.4, -0.2) is 47.5 Å². The molecular formula is C21H30N4O2. The van der Waals surface area contributed by atoms with Gasteiger partial charge in [-0.05, 0) is 50.6 Å². The zero-order valence-corrected chi connectivity index (χ0v) is 16.5. The number of benzene rings is 1. The molecule has 2 aromatic rings. The van der Waals surface area contributed by atoms with Gasteiger partial charge in [0.2, 0.25) is 0 Å². The van der Waals surface area contributed by atoms with Crippen molar-refractivity contribution >= 4 is 11.7 Å². The van der Waals surface area contributed by atoms with E-state index in [1.165, 1.54) is 5.56 Å².